The highest BCUT2D eigenvalue weighted by atomic mass is 16.5. The number of ether oxygens (including phenoxy) is 1. The Bertz CT molecular complexity index is 533. The van der Waals surface area contributed by atoms with Crippen LogP contribution < -0.4 is 10.5 Å². The molecule has 0 fully saturated rings. The van der Waals surface area contributed by atoms with E-state index in [0.717, 1.165) is 0 Å². The van der Waals surface area contributed by atoms with E-state index in [-0.39, 0.29) is 11.6 Å². The lowest BCUT2D eigenvalue weighted by atomic mass is 10.3. The molecule has 0 unspecified atom stereocenters. The molecule has 0 bridgehead atoms. The topological polar surface area (TPSA) is 89.9 Å². The molecule has 2 aromatic rings. The van der Waals surface area contributed by atoms with E-state index in [1.54, 1.807) is 18.3 Å². The number of nitrogens with zero attached hydrogens (tertiary/aromatic N) is 2. The molecule has 6 nitrogen and oxygen atoms in total. The first-order chi connectivity index (χ1) is 7.13. The Kier molecular flexibility index (Phi) is 1.96. The van der Waals surface area contributed by atoms with Crippen LogP contribution in [0.5, 0.6) is 5.75 Å². The summed E-state index contributed by atoms with van der Waals surface area (Å²) in [6.45, 7) is 0. The molecule has 0 aliphatic heterocycles. The van der Waals surface area contributed by atoms with Crippen LogP contribution in [0.2, 0.25) is 0 Å². The number of carbonyl (C=O) groups is 1. The van der Waals surface area contributed by atoms with Gasteiger partial charge in [0.05, 0.1) is 12.6 Å². The van der Waals surface area contributed by atoms with Gasteiger partial charge in [0.1, 0.15) is 5.75 Å². The number of fused-ring (bicyclic) bond motifs is 1. The molecule has 0 amide bonds. The zero-order valence-corrected chi connectivity index (χ0v) is 7.97. The average molecular weight is 207 g/mol. The van der Waals surface area contributed by atoms with Gasteiger partial charge in [0.2, 0.25) is 5.95 Å². The number of aromatic carboxylic acids is 1. The monoisotopic (exact) mass is 207 g/mol. The highest BCUT2D eigenvalue weighted by molar-refractivity contribution is 5.94. The first-order valence-corrected chi connectivity index (χ1v) is 4.18. The van der Waals surface area contributed by atoms with Crippen LogP contribution in [0.4, 0.5) is 5.95 Å². The molecule has 0 aliphatic carbocycles. The van der Waals surface area contributed by atoms with E-state index < -0.39 is 5.97 Å². The molecule has 0 atom stereocenters. The third-order valence-electron chi connectivity index (χ3n) is 2.08. The molecule has 0 saturated carbocycles. The van der Waals surface area contributed by atoms with E-state index in [4.69, 9.17) is 15.6 Å². The highest BCUT2D eigenvalue weighted by Gasteiger charge is 2.15. The molecular formula is C9H9N3O3. The Morgan fingerprint density at radius 3 is 3.00 bits per heavy atom. The van der Waals surface area contributed by atoms with E-state index in [2.05, 4.69) is 4.98 Å². The van der Waals surface area contributed by atoms with Crippen molar-refractivity contribution in [2.24, 2.45) is 0 Å². The minimum absolute atomic E-state index is 0.0774. The van der Waals surface area contributed by atoms with Crippen molar-refractivity contribution in [1.82, 2.24) is 9.38 Å². The summed E-state index contributed by atoms with van der Waals surface area (Å²) in [5.74, 6) is -0.410. The Morgan fingerprint density at radius 1 is 1.67 bits per heavy atom. The second kappa shape index (κ2) is 3.16. The molecule has 3 N–H and O–H groups in total. The van der Waals surface area contributed by atoms with Gasteiger partial charge in [0.25, 0.3) is 0 Å². The molecule has 78 valence electrons. The molecule has 0 saturated heterocycles. The Hall–Kier alpha value is -2.24. The number of aromatic nitrogens is 2. The van der Waals surface area contributed by atoms with Crippen LogP contribution in [0, 0.1) is 0 Å². The van der Waals surface area contributed by atoms with E-state index >= 15 is 0 Å². The van der Waals surface area contributed by atoms with Gasteiger partial charge in [-0.1, -0.05) is 0 Å². The van der Waals surface area contributed by atoms with E-state index in [9.17, 15) is 4.79 Å². The highest BCUT2D eigenvalue weighted by Crippen LogP contribution is 2.20. The third-order valence-corrected chi connectivity index (χ3v) is 2.08. The number of nitrogen functional groups attached to an aromatic ring is 1. The van der Waals surface area contributed by atoms with Gasteiger partial charge in [-0.3, -0.25) is 4.40 Å². The van der Waals surface area contributed by atoms with E-state index in [1.807, 2.05) is 0 Å². The molecule has 0 spiro atoms. The summed E-state index contributed by atoms with van der Waals surface area (Å²) in [5, 5.41) is 8.89. The fraction of sp³-hybridized carbons (Fsp3) is 0.111. The van der Waals surface area contributed by atoms with Crippen LogP contribution >= 0.6 is 0 Å². The largest absolute Gasteiger partial charge is 0.497 e. The quantitative estimate of drug-likeness (QED) is 0.753. The van der Waals surface area contributed by atoms with Crippen molar-refractivity contribution in [2.75, 3.05) is 12.8 Å². The summed E-state index contributed by atoms with van der Waals surface area (Å²) in [5.41, 5.74) is 5.89. The number of anilines is 1. The predicted octanol–water partition coefficient (Wildman–Crippen LogP) is 0.623. The van der Waals surface area contributed by atoms with Gasteiger partial charge in [-0.2, -0.15) is 0 Å². The van der Waals surface area contributed by atoms with Gasteiger partial charge in [-0.05, 0) is 6.07 Å². The van der Waals surface area contributed by atoms with Crippen molar-refractivity contribution in [3.8, 4) is 5.75 Å². The summed E-state index contributed by atoms with van der Waals surface area (Å²) in [6, 6.07) is 3.25. The zero-order chi connectivity index (χ0) is 11.0. The third kappa shape index (κ3) is 1.35. The molecule has 2 aromatic heterocycles. The summed E-state index contributed by atoms with van der Waals surface area (Å²) in [7, 11) is 1.51. The fourth-order valence-corrected chi connectivity index (χ4v) is 1.37. The van der Waals surface area contributed by atoms with Crippen LogP contribution in [0.1, 0.15) is 10.5 Å². The smallest absolute Gasteiger partial charge is 0.356 e. The minimum atomic E-state index is -1.11. The number of carboxylic acid groups (broad SMARTS) is 1. The number of hydrogen-bond acceptors (Lipinski definition) is 4. The van der Waals surface area contributed by atoms with E-state index in [1.165, 1.54) is 11.5 Å². The van der Waals surface area contributed by atoms with Crippen LogP contribution in [0.15, 0.2) is 18.3 Å². The number of rotatable bonds is 2. The Morgan fingerprint density at radius 2 is 2.40 bits per heavy atom. The van der Waals surface area contributed by atoms with Gasteiger partial charge >= 0.3 is 5.97 Å². The number of hydrogen-bond donors (Lipinski definition) is 2. The van der Waals surface area contributed by atoms with Crippen molar-refractivity contribution in [3.05, 3.63) is 24.0 Å². The predicted molar refractivity (Wildman–Crippen MR) is 53.1 cm³/mol. The first-order valence-electron chi connectivity index (χ1n) is 4.18. The maximum atomic E-state index is 10.9. The minimum Gasteiger partial charge on any atom is -0.497 e. The summed E-state index contributed by atoms with van der Waals surface area (Å²) in [4.78, 5) is 14.6. The number of carboxylic acids is 1. The molecule has 0 radical (unpaired) electrons. The second-order valence-corrected chi connectivity index (χ2v) is 2.95. The van der Waals surface area contributed by atoms with Crippen molar-refractivity contribution in [1.29, 1.82) is 0 Å². The van der Waals surface area contributed by atoms with Gasteiger partial charge in [-0.25, -0.2) is 9.78 Å². The summed E-state index contributed by atoms with van der Waals surface area (Å²) >= 11 is 0. The molecule has 0 aromatic carbocycles. The fourth-order valence-electron chi connectivity index (χ4n) is 1.37. The van der Waals surface area contributed by atoms with Crippen molar-refractivity contribution >= 4 is 17.4 Å². The molecule has 15 heavy (non-hydrogen) atoms. The van der Waals surface area contributed by atoms with Gasteiger partial charge in [0, 0.05) is 12.3 Å². The molecule has 6 heteroatoms. The van der Waals surface area contributed by atoms with Gasteiger partial charge < -0.3 is 15.6 Å². The van der Waals surface area contributed by atoms with Crippen molar-refractivity contribution in [2.45, 2.75) is 0 Å². The Balaban J connectivity index is 2.77. The zero-order valence-electron chi connectivity index (χ0n) is 7.97. The standard InChI is InChI=1S/C9H9N3O3/c1-15-5-2-3-12-6(4-5)7(8(13)14)11-9(12)10/h2-4H,1H3,(H2,10,11)(H,13,14). The van der Waals surface area contributed by atoms with Gasteiger partial charge in [-0.15, -0.1) is 0 Å². The SMILES string of the molecule is COc1ccn2c(N)nc(C(=O)O)c2c1. The van der Waals surface area contributed by atoms with Crippen LogP contribution in [0.25, 0.3) is 5.52 Å². The maximum absolute atomic E-state index is 10.9. The molecular weight excluding hydrogens is 198 g/mol. The second-order valence-electron chi connectivity index (χ2n) is 2.95. The number of pyridine rings is 1. The molecule has 2 heterocycles. The molecule has 2 rings (SSSR count). The van der Waals surface area contributed by atoms with Gasteiger partial charge in [0.15, 0.2) is 5.69 Å². The average Bonchev–Trinajstić information content (AvgIpc) is 2.56. The number of methoxy groups -OCH3 is 1. The summed E-state index contributed by atoms with van der Waals surface area (Å²) in [6.07, 6.45) is 1.61. The van der Waals surface area contributed by atoms with Crippen LogP contribution in [-0.2, 0) is 0 Å². The van der Waals surface area contributed by atoms with Crippen LogP contribution in [-0.4, -0.2) is 27.6 Å². The Labute approximate surface area is 84.9 Å². The molecule has 0 aliphatic rings. The van der Waals surface area contributed by atoms with Crippen molar-refractivity contribution in [3.63, 3.8) is 0 Å². The maximum Gasteiger partial charge on any atom is 0.356 e. The van der Waals surface area contributed by atoms with Crippen molar-refractivity contribution < 1.29 is 14.6 Å². The number of imidazole rings is 1. The lowest BCUT2D eigenvalue weighted by Gasteiger charge is -2.00. The van der Waals surface area contributed by atoms with E-state index in [0.29, 0.717) is 11.3 Å². The lowest BCUT2D eigenvalue weighted by Crippen LogP contribution is -1.97. The normalized spacial score (nSPS) is 10.5. The lowest BCUT2D eigenvalue weighted by molar-refractivity contribution is 0.0693. The first kappa shape index (κ1) is 9.32. The number of nitrogens with two attached hydrogens (primary N) is 1. The summed E-state index contributed by atoms with van der Waals surface area (Å²) < 4.78 is 6.48. The van der Waals surface area contributed by atoms with Crippen LogP contribution in [0.3, 0.4) is 0 Å².